The summed E-state index contributed by atoms with van der Waals surface area (Å²) >= 11 is 1.71. The second kappa shape index (κ2) is 4.94. The summed E-state index contributed by atoms with van der Waals surface area (Å²) in [5.74, 6) is 0. The highest BCUT2D eigenvalue weighted by molar-refractivity contribution is 7.09. The average molecular weight is 261 g/mol. The van der Waals surface area contributed by atoms with Crippen molar-refractivity contribution in [2.75, 3.05) is 5.32 Å². The summed E-state index contributed by atoms with van der Waals surface area (Å²) in [4.78, 5) is 13.1. The van der Waals surface area contributed by atoms with E-state index in [9.17, 15) is 4.79 Å². The predicted molar refractivity (Wildman–Crippen MR) is 73.2 cm³/mol. The van der Waals surface area contributed by atoms with Gasteiger partial charge in [0.1, 0.15) is 0 Å². The van der Waals surface area contributed by atoms with Crippen molar-refractivity contribution in [3.8, 4) is 0 Å². The molecule has 0 aromatic carbocycles. The second-order valence-corrected chi connectivity index (χ2v) is 5.59. The van der Waals surface area contributed by atoms with Gasteiger partial charge >= 0.3 is 0 Å². The molecule has 0 radical (unpaired) electrons. The molecule has 2 aromatic rings. The lowest BCUT2D eigenvalue weighted by Crippen LogP contribution is -2.23. The zero-order valence-corrected chi connectivity index (χ0v) is 10.8. The lowest BCUT2D eigenvalue weighted by Gasteiger charge is -2.06. The molecule has 0 spiro atoms. The molecule has 1 N–H and O–H groups in total. The Balaban J connectivity index is 1.66. The van der Waals surface area contributed by atoms with E-state index >= 15 is 0 Å². The average Bonchev–Trinajstić information content (AvgIpc) is 3.02. The Hall–Kier alpha value is -1.62. The molecule has 0 aliphatic heterocycles. The van der Waals surface area contributed by atoms with Crippen LogP contribution in [0.15, 0.2) is 34.6 Å². The van der Waals surface area contributed by atoms with Crippen molar-refractivity contribution in [2.24, 2.45) is 0 Å². The van der Waals surface area contributed by atoms with Crippen LogP contribution in [0.3, 0.4) is 0 Å². The molecule has 0 unspecified atom stereocenters. The van der Waals surface area contributed by atoms with Crippen LogP contribution < -0.4 is 10.9 Å². The number of anilines is 1. The van der Waals surface area contributed by atoms with Gasteiger partial charge in [-0.1, -0.05) is 6.07 Å². The van der Waals surface area contributed by atoms with Crippen LogP contribution in [-0.4, -0.2) is 15.8 Å². The Kier molecular flexibility index (Phi) is 3.15. The smallest absolute Gasteiger partial charge is 0.268 e. The van der Waals surface area contributed by atoms with E-state index in [1.165, 1.54) is 22.4 Å². The van der Waals surface area contributed by atoms with E-state index in [-0.39, 0.29) is 5.56 Å². The van der Waals surface area contributed by atoms with Gasteiger partial charge in [-0.05, 0) is 24.3 Å². The Morgan fingerprint density at radius 2 is 2.39 bits per heavy atom. The van der Waals surface area contributed by atoms with E-state index in [2.05, 4.69) is 16.5 Å². The zero-order valence-electron chi connectivity index (χ0n) is 10.0. The molecule has 1 fully saturated rings. The summed E-state index contributed by atoms with van der Waals surface area (Å²) in [5, 5.41) is 9.53. The normalized spacial score (nSPS) is 14.7. The highest BCUT2D eigenvalue weighted by Gasteiger charge is 2.20. The number of hydrogen-bond acceptors (Lipinski definition) is 4. The molecule has 1 aliphatic carbocycles. The fourth-order valence-corrected chi connectivity index (χ4v) is 2.51. The molecule has 0 saturated heterocycles. The van der Waals surface area contributed by atoms with Gasteiger partial charge in [-0.2, -0.15) is 5.10 Å². The number of rotatable bonds is 5. The van der Waals surface area contributed by atoms with Crippen LogP contribution in [0.5, 0.6) is 0 Å². The van der Waals surface area contributed by atoms with Crippen molar-refractivity contribution >= 4 is 17.0 Å². The molecule has 0 atom stereocenters. The minimum atomic E-state index is -0.0304. The summed E-state index contributed by atoms with van der Waals surface area (Å²) < 4.78 is 1.53. The van der Waals surface area contributed by atoms with Crippen LogP contribution in [0.1, 0.15) is 17.7 Å². The quantitative estimate of drug-likeness (QED) is 0.897. The van der Waals surface area contributed by atoms with Crippen LogP contribution >= 0.6 is 11.3 Å². The molecule has 1 saturated carbocycles. The highest BCUT2D eigenvalue weighted by Crippen LogP contribution is 2.23. The van der Waals surface area contributed by atoms with E-state index in [1.807, 2.05) is 11.4 Å². The van der Waals surface area contributed by atoms with Gasteiger partial charge in [0.2, 0.25) is 0 Å². The molecule has 4 nitrogen and oxygen atoms in total. The van der Waals surface area contributed by atoms with Crippen molar-refractivity contribution in [1.82, 2.24) is 9.78 Å². The van der Waals surface area contributed by atoms with E-state index in [0.717, 1.165) is 12.1 Å². The van der Waals surface area contributed by atoms with Gasteiger partial charge in [0.15, 0.2) is 0 Å². The minimum Gasteiger partial charge on any atom is -0.381 e. The molecule has 3 rings (SSSR count). The van der Waals surface area contributed by atoms with Crippen molar-refractivity contribution in [2.45, 2.75) is 31.8 Å². The number of aromatic nitrogens is 2. The van der Waals surface area contributed by atoms with Gasteiger partial charge in [0.05, 0.1) is 11.9 Å². The monoisotopic (exact) mass is 261 g/mol. The lowest BCUT2D eigenvalue weighted by atomic mass is 10.3. The molecule has 0 amide bonds. The topological polar surface area (TPSA) is 46.9 Å². The van der Waals surface area contributed by atoms with Crippen LogP contribution in [0.4, 0.5) is 5.69 Å². The van der Waals surface area contributed by atoms with E-state index in [0.29, 0.717) is 12.6 Å². The second-order valence-electron chi connectivity index (χ2n) is 4.55. The highest BCUT2D eigenvalue weighted by atomic mass is 32.1. The largest absolute Gasteiger partial charge is 0.381 e. The predicted octanol–water partition coefficient (Wildman–Crippen LogP) is 2.12. The maximum atomic E-state index is 11.9. The summed E-state index contributed by atoms with van der Waals surface area (Å²) in [6, 6.07) is 6.30. The van der Waals surface area contributed by atoms with Gasteiger partial charge in [-0.3, -0.25) is 4.79 Å². The van der Waals surface area contributed by atoms with Crippen molar-refractivity contribution in [1.29, 1.82) is 0 Å². The number of thiophene rings is 1. The first-order valence-corrected chi connectivity index (χ1v) is 7.05. The van der Waals surface area contributed by atoms with E-state index < -0.39 is 0 Å². The Morgan fingerprint density at radius 3 is 3.06 bits per heavy atom. The molecule has 5 heteroatoms. The Labute approximate surface area is 109 Å². The summed E-state index contributed by atoms with van der Waals surface area (Å²) in [6.45, 7) is 0.642. The van der Waals surface area contributed by atoms with Gasteiger partial charge in [0.25, 0.3) is 5.56 Å². The summed E-state index contributed by atoms with van der Waals surface area (Å²) in [7, 11) is 0. The van der Waals surface area contributed by atoms with Crippen LogP contribution in [0, 0.1) is 0 Å². The Bertz CT molecular complexity index is 572. The van der Waals surface area contributed by atoms with Crippen LogP contribution in [0.25, 0.3) is 0 Å². The van der Waals surface area contributed by atoms with E-state index in [4.69, 9.17) is 0 Å². The first-order valence-electron chi connectivity index (χ1n) is 6.17. The van der Waals surface area contributed by atoms with Gasteiger partial charge in [-0.25, -0.2) is 4.68 Å². The molecule has 0 bridgehead atoms. The number of aryl methyl sites for hydroxylation is 2. The maximum absolute atomic E-state index is 11.9. The van der Waals surface area contributed by atoms with Gasteiger partial charge in [0, 0.05) is 30.0 Å². The third-order valence-corrected chi connectivity index (χ3v) is 3.90. The van der Waals surface area contributed by atoms with Crippen molar-refractivity contribution in [3.63, 3.8) is 0 Å². The third kappa shape index (κ3) is 2.79. The Morgan fingerprint density at radius 1 is 1.50 bits per heavy atom. The summed E-state index contributed by atoms with van der Waals surface area (Å²) in [5.41, 5.74) is 0.812. The zero-order chi connectivity index (χ0) is 12.4. The van der Waals surface area contributed by atoms with Gasteiger partial charge < -0.3 is 5.32 Å². The minimum absolute atomic E-state index is 0.0304. The number of nitrogens with zero attached hydrogens (tertiary/aromatic N) is 2. The first-order chi connectivity index (χ1) is 8.81. The van der Waals surface area contributed by atoms with Crippen molar-refractivity contribution in [3.05, 3.63) is 45.0 Å². The number of hydrogen-bond donors (Lipinski definition) is 1. The first kappa shape index (κ1) is 11.5. The fraction of sp³-hybridized carbons (Fsp3) is 0.385. The molecular formula is C13H15N3OS. The van der Waals surface area contributed by atoms with Gasteiger partial charge in [-0.15, -0.1) is 11.3 Å². The molecule has 18 heavy (non-hydrogen) atoms. The fourth-order valence-electron chi connectivity index (χ4n) is 1.81. The van der Waals surface area contributed by atoms with Crippen molar-refractivity contribution < 1.29 is 0 Å². The molecule has 1 aliphatic rings. The standard InChI is InChI=1S/C13H15N3OS/c17-13-8-11(15-10-3-4-10)9-14-16(13)6-5-12-2-1-7-18-12/h1-2,7-10,15H,3-6H2. The molecule has 2 aromatic heterocycles. The van der Waals surface area contributed by atoms with E-state index in [1.54, 1.807) is 23.6 Å². The van der Waals surface area contributed by atoms with Crippen LogP contribution in [-0.2, 0) is 13.0 Å². The third-order valence-electron chi connectivity index (χ3n) is 2.97. The molecular weight excluding hydrogens is 246 g/mol. The SMILES string of the molecule is O=c1cc(NC2CC2)cnn1CCc1cccs1. The maximum Gasteiger partial charge on any atom is 0.268 e. The van der Waals surface area contributed by atoms with Crippen LogP contribution in [0.2, 0.25) is 0 Å². The molecule has 94 valence electrons. The number of nitrogens with one attached hydrogen (secondary N) is 1. The summed E-state index contributed by atoms with van der Waals surface area (Å²) in [6.07, 6.45) is 5.00. The molecule has 2 heterocycles. The lowest BCUT2D eigenvalue weighted by molar-refractivity contribution is 0.581.